The third-order valence-electron chi connectivity index (χ3n) is 3.30. The Balaban J connectivity index is 1.65. The van der Waals surface area contributed by atoms with Crippen molar-refractivity contribution in [3.8, 4) is 5.75 Å². The molecule has 3 rings (SSSR count). The van der Waals surface area contributed by atoms with Crippen molar-refractivity contribution in [2.75, 3.05) is 0 Å². The molecule has 0 saturated carbocycles. The number of fused-ring (bicyclic) bond motifs is 1. The number of hydrogen-bond acceptors (Lipinski definition) is 2. The van der Waals surface area contributed by atoms with Gasteiger partial charge in [-0.15, -0.1) is 0 Å². The number of carbonyl (C=O) groups excluding carboxylic acids is 1. The van der Waals surface area contributed by atoms with Crippen LogP contribution in [0, 0.1) is 5.82 Å². The van der Waals surface area contributed by atoms with Crippen LogP contribution in [0.3, 0.4) is 0 Å². The maximum Gasteiger partial charge on any atom is 0.313 e. The number of halogens is 1. The van der Waals surface area contributed by atoms with Crippen LogP contribution in [0.15, 0.2) is 60.8 Å². The molecule has 21 heavy (non-hydrogen) atoms. The maximum atomic E-state index is 13.4. The van der Waals surface area contributed by atoms with Gasteiger partial charge in [0, 0.05) is 18.3 Å². The number of benzene rings is 2. The molecule has 0 aliphatic heterocycles. The molecule has 0 N–H and O–H groups in total. The van der Waals surface area contributed by atoms with Crippen LogP contribution in [0.2, 0.25) is 0 Å². The molecular formula is C17H14FNO2. The van der Waals surface area contributed by atoms with Gasteiger partial charge in [-0.1, -0.05) is 30.3 Å². The first-order valence-electron chi connectivity index (χ1n) is 6.73. The minimum absolute atomic E-state index is 0.0279. The van der Waals surface area contributed by atoms with E-state index in [-0.39, 0.29) is 12.2 Å². The van der Waals surface area contributed by atoms with Gasteiger partial charge in [0.15, 0.2) is 11.6 Å². The summed E-state index contributed by atoms with van der Waals surface area (Å²) in [5, 5.41) is 1.12. The lowest BCUT2D eigenvalue weighted by Crippen LogP contribution is -2.12. The number of nitrogens with zero attached hydrogens (tertiary/aromatic N) is 1. The van der Waals surface area contributed by atoms with Crippen molar-refractivity contribution in [1.29, 1.82) is 0 Å². The number of rotatable bonds is 4. The fraction of sp³-hybridized carbons (Fsp3) is 0.118. The van der Waals surface area contributed by atoms with Gasteiger partial charge >= 0.3 is 5.97 Å². The van der Waals surface area contributed by atoms with Crippen molar-refractivity contribution in [1.82, 2.24) is 4.57 Å². The van der Waals surface area contributed by atoms with Crippen molar-refractivity contribution in [3.63, 3.8) is 0 Å². The molecule has 3 nitrogen and oxygen atoms in total. The molecule has 4 heteroatoms. The second kappa shape index (κ2) is 5.79. The summed E-state index contributed by atoms with van der Waals surface area (Å²) in [6, 6.07) is 15.8. The van der Waals surface area contributed by atoms with Gasteiger partial charge in [0.1, 0.15) is 0 Å². The molecule has 0 aliphatic carbocycles. The summed E-state index contributed by atoms with van der Waals surface area (Å²) in [6.45, 7) is 0.501. The number of aromatic nitrogens is 1. The number of hydrogen-bond donors (Lipinski definition) is 0. The molecule has 0 saturated heterocycles. The average molecular weight is 283 g/mol. The van der Waals surface area contributed by atoms with Gasteiger partial charge in [-0.2, -0.15) is 0 Å². The molecule has 0 atom stereocenters. The molecular weight excluding hydrogens is 269 g/mol. The van der Waals surface area contributed by atoms with Crippen molar-refractivity contribution in [2.24, 2.45) is 0 Å². The largest absolute Gasteiger partial charge is 0.423 e. The van der Waals surface area contributed by atoms with Crippen LogP contribution in [0.25, 0.3) is 10.9 Å². The van der Waals surface area contributed by atoms with Gasteiger partial charge in [0.25, 0.3) is 0 Å². The molecule has 1 aromatic heterocycles. The fourth-order valence-electron chi connectivity index (χ4n) is 2.25. The van der Waals surface area contributed by atoms with Crippen LogP contribution in [-0.4, -0.2) is 10.5 Å². The topological polar surface area (TPSA) is 31.2 Å². The molecule has 0 radical (unpaired) electrons. The molecule has 3 aromatic rings. The highest BCUT2D eigenvalue weighted by Gasteiger charge is 2.09. The minimum Gasteiger partial charge on any atom is -0.423 e. The Morgan fingerprint density at radius 3 is 2.67 bits per heavy atom. The van der Waals surface area contributed by atoms with E-state index in [0.717, 1.165) is 10.9 Å². The summed E-state index contributed by atoms with van der Waals surface area (Å²) >= 11 is 0. The predicted octanol–water partition coefficient (Wildman–Crippen LogP) is 3.78. The van der Waals surface area contributed by atoms with E-state index < -0.39 is 11.8 Å². The minimum atomic E-state index is -0.530. The Kier molecular flexibility index (Phi) is 3.69. The lowest BCUT2D eigenvalue weighted by atomic mass is 10.2. The van der Waals surface area contributed by atoms with Gasteiger partial charge in [0.05, 0.1) is 6.42 Å². The van der Waals surface area contributed by atoms with Gasteiger partial charge < -0.3 is 9.30 Å². The lowest BCUT2D eigenvalue weighted by molar-refractivity contribution is -0.134. The highest BCUT2D eigenvalue weighted by molar-refractivity contribution is 5.80. The molecule has 0 amide bonds. The molecule has 0 fully saturated rings. The first kappa shape index (κ1) is 13.4. The molecule has 106 valence electrons. The van der Waals surface area contributed by atoms with Crippen molar-refractivity contribution >= 4 is 16.9 Å². The maximum absolute atomic E-state index is 13.4. The van der Waals surface area contributed by atoms with Crippen LogP contribution in [0.1, 0.15) is 6.42 Å². The van der Waals surface area contributed by atoms with Crippen LogP contribution in [0.4, 0.5) is 4.39 Å². The lowest BCUT2D eigenvalue weighted by Gasteiger charge is -2.07. The van der Waals surface area contributed by atoms with E-state index in [0.29, 0.717) is 6.54 Å². The van der Waals surface area contributed by atoms with E-state index in [2.05, 4.69) is 0 Å². The molecule has 0 unspecified atom stereocenters. The van der Waals surface area contributed by atoms with E-state index in [1.165, 1.54) is 12.1 Å². The SMILES string of the molecule is O=C(CCn1ccc2ccccc21)Oc1ccccc1F. The van der Waals surface area contributed by atoms with E-state index in [4.69, 9.17) is 4.74 Å². The van der Waals surface area contributed by atoms with Crippen LogP contribution < -0.4 is 4.74 Å². The molecule has 2 aromatic carbocycles. The normalized spacial score (nSPS) is 10.7. The molecule has 0 aliphatic rings. The summed E-state index contributed by atoms with van der Waals surface area (Å²) in [5.74, 6) is -1.00. The van der Waals surface area contributed by atoms with Crippen molar-refractivity contribution in [3.05, 3.63) is 66.6 Å². The van der Waals surface area contributed by atoms with Crippen molar-refractivity contribution < 1.29 is 13.9 Å². The van der Waals surface area contributed by atoms with E-state index >= 15 is 0 Å². The van der Waals surface area contributed by atoms with E-state index in [1.807, 2.05) is 41.1 Å². The zero-order valence-electron chi connectivity index (χ0n) is 11.3. The van der Waals surface area contributed by atoms with E-state index in [1.54, 1.807) is 12.1 Å². The summed E-state index contributed by atoms with van der Waals surface area (Å²) in [6.07, 6.45) is 2.12. The molecule has 1 heterocycles. The fourth-order valence-corrected chi connectivity index (χ4v) is 2.25. The Morgan fingerprint density at radius 2 is 1.81 bits per heavy atom. The van der Waals surface area contributed by atoms with Crippen LogP contribution >= 0.6 is 0 Å². The van der Waals surface area contributed by atoms with E-state index in [9.17, 15) is 9.18 Å². The smallest absolute Gasteiger partial charge is 0.313 e. The Morgan fingerprint density at radius 1 is 1.05 bits per heavy atom. The Hall–Kier alpha value is -2.62. The Bertz CT molecular complexity index is 779. The first-order valence-corrected chi connectivity index (χ1v) is 6.73. The number of ether oxygens (including phenoxy) is 1. The highest BCUT2D eigenvalue weighted by Crippen LogP contribution is 2.17. The number of para-hydroxylation sites is 2. The highest BCUT2D eigenvalue weighted by atomic mass is 19.1. The number of carbonyl (C=O) groups is 1. The number of esters is 1. The summed E-state index contributed by atoms with van der Waals surface area (Å²) in [5.41, 5.74) is 1.07. The summed E-state index contributed by atoms with van der Waals surface area (Å²) in [4.78, 5) is 11.8. The van der Waals surface area contributed by atoms with Gasteiger partial charge in [-0.25, -0.2) is 4.39 Å². The second-order valence-electron chi connectivity index (χ2n) is 4.72. The standard InChI is InChI=1S/C17H14FNO2/c18-14-6-2-4-8-16(14)21-17(20)10-12-19-11-9-13-5-1-3-7-15(13)19/h1-9,11H,10,12H2. The predicted molar refractivity (Wildman–Crippen MR) is 78.6 cm³/mol. The third-order valence-corrected chi connectivity index (χ3v) is 3.30. The monoisotopic (exact) mass is 283 g/mol. The molecule has 0 spiro atoms. The Labute approximate surface area is 121 Å². The summed E-state index contributed by atoms with van der Waals surface area (Å²) < 4.78 is 20.4. The van der Waals surface area contributed by atoms with Gasteiger partial charge in [-0.05, 0) is 29.7 Å². The number of aryl methyl sites for hydroxylation is 1. The second-order valence-corrected chi connectivity index (χ2v) is 4.72. The quantitative estimate of drug-likeness (QED) is 0.539. The third kappa shape index (κ3) is 2.94. The average Bonchev–Trinajstić information content (AvgIpc) is 2.91. The molecule has 0 bridgehead atoms. The van der Waals surface area contributed by atoms with Crippen molar-refractivity contribution in [2.45, 2.75) is 13.0 Å². The van der Waals surface area contributed by atoms with Gasteiger partial charge in [-0.3, -0.25) is 4.79 Å². The zero-order chi connectivity index (χ0) is 14.7. The van der Waals surface area contributed by atoms with Crippen LogP contribution in [0.5, 0.6) is 5.75 Å². The van der Waals surface area contributed by atoms with Crippen LogP contribution in [-0.2, 0) is 11.3 Å². The summed E-state index contributed by atoms with van der Waals surface area (Å²) in [7, 11) is 0. The zero-order valence-corrected chi connectivity index (χ0v) is 11.3. The van der Waals surface area contributed by atoms with Gasteiger partial charge in [0.2, 0.25) is 0 Å². The first-order chi connectivity index (χ1) is 10.2.